The lowest BCUT2D eigenvalue weighted by molar-refractivity contribution is 0.0786. The van der Waals surface area contributed by atoms with Crippen molar-refractivity contribution in [3.63, 3.8) is 0 Å². The summed E-state index contributed by atoms with van der Waals surface area (Å²) >= 11 is 7.69. The van der Waals surface area contributed by atoms with E-state index in [2.05, 4.69) is 23.3 Å². The Labute approximate surface area is 118 Å². The molecule has 2 unspecified atom stereocenters. The zero-order chi connectivity index (χ0) is 12.5. The third-order valence-electron chi connectivity index (χ3n) is 4.22. The van der Waals surface area contributed by atoms with E-state index in [0.717, 1.165) is 28.9 Å². The van der Waals surface area contributed by atoms with Gasteiger partial charge in [-0.15, -0.1) is 11.3 Å². The molecule has 0 amide bonds. The molecule has 0 spiro atoms. The Hall–Kier alpha value is -0.0900. The molecule has 2 saturated carbocycles. The minimum Gasteiger partial charge on any atom is -0.314 e. The standard InChI is InChI=1S/C14H21ClN2S/c1-17(9-12-5-7-14(15)18-12)13-6-2-10(13)8-16-11-3-4-11/h5,7,10-11,13,16H,2-4,6,8-9H2,1H3. The van der Waals surface area contributed by atoms with Gasteiger partial charge >= 0.3 is 0 Å². The maximum absolute atomic E-state index is 5.98. The molecule has 0 saturated heterocycles. The molecule has 2 nitrogen and oxygen atoms in total. The molecule has 18 heavy (non-hydrogen) atoms. The average molecular weight is 285 g/mol. The molecule has 1 aromatic heterocycles. The van der Waals surface area contributed by atoms with Gasteiger partial charge in [-0.05, 0) is 57.3 Å². The highest BCUT2D eigenvalue weighted by Crippen LogP contribution is 2.33. The number of nitrogens with one attached hydrogen (secondary N) is 1. The van der Waals surface area contributed by atoms with Crippen LogP contribution in [0.15, 0.2) is 12.1 Å². The van der Waals surface area contributed by atoms with Crippen LogP contribution in [0.2, 0.25) is 4.34 Å². The van der Waals surface area contributed by atoms with Crippen LogP contribution in [-0.4, -0.2) is 30.6 Å². The summed E-state index contributed by atoms with van der Waals surface area (Å²) in [5, 5.41) is 3.67. The first kappa shape index (κ1) is 12.9. The van der Waals surface area contributed by atoms with E-state index in [1.807, 2.05) is 6.07 Å². The van der Waals surface area contributed by atoms with Gasteiger partial charge in [-0.25, -0.2) is 0 Å². The van der Waals surface area contributed by atoms with Crippen molar-refractivity contribution in [2.75, 3.05) is 13.6 Å². The molecule has 1 N–H and O–H groups in total. The Morgan fingerprint density at radius 3 is 2.72 bits per heavy atom. The Balaban J connectivity index is 1.47. The van der Waals surface area contributed by atoms with Crippen LogP contribution in [0.5, 0.6) is 0 Å². The molecular formula is C14H21ClN2S. The number of hydrogen-bond acceptors (Lipinski definition) is 3. The fourth-order valence-electron chi connectivity index (χ4n) is 2.78. The van der Waals surface area contributed by atoms with Crippen molar-refractivity contribution in [2.45, 2.75) is 44.3 Å². The van der Waals surface area contributed by atoms with Crippen LogP contribution in [0.3, 0.4) is 0 Å². The van der Waals surface area contributed by atoms with Gasteiger partial charge in [0.1, 0.15) is 0 Å². The maximum atomic E-state index is 5.98. The van der Waals surface area contributed by atoms with Gasteiger partial charge in [0, 0.05) is 23.5 Å². The summed E-state index contributed by atoms with van der Waals surface area (Å²) < 4.78 is 0.902. The van der Waals surface area contributed by atoms with Gasteiger partial charge in [-0.3, -0.25) is 4.90 Å². The van der Waals surface area contributed by atoms with E-state index in [1.165, 1.54) is 37.1 Å². The lowest BCUT2D eigenvalue weighted by atomic mass is 9.78. The Kier molecular flexibility index (Phi) is 3.94. The van der Waals surface area contributed by atoms with Crippen molar-refractivity contribution >= 4 is 22.9 Å². The highest BCUT2D eigenvalue weighted by atomic mass is 35.5. The van der Waals surface area contributed by atoms with Crippen LogP contribution >= 0.6 is 22.9 Å². The number of nitrogens with zero attached hydrogens (tertiary/aromatic N) is 1. The average Bonchev–Trinajstić information content (AvgIpc) is 3.01. The van der Waals surface area contributed by atoms with Crippen LogP contribution < -0.4 is 5.32 Å². The molecule has 1 heterocycles. The molecule has 1 aromatic rings. The van der Waals surface area contributed by atoms with E-state index in [0.29, 0.717) is 0 Å². The molecule has 0 bridgehead atoms. The summed E-state index contributed by atoms with van der Waals surface area (Å²) in [6.07, 6.45) is 5.52. The topological polar surface area (TPSA) is 15.3 Å². The first-order valence-corrected chi connectivity index (χ1v) is 8.09. The van der Waals surface area contributed by atoms with E-state index in [1.54, 1.807) is 11.3 Å². The van der Waals surface area contributed by atoms with Gasteiger partial charge < -0.3 is 5.32 Å². The molecule has 2 aliphatic rings. The number of halogens is 1. The van der Waals surface area contributed by atoms with Crippen LogP contribution in [0.1, 0.15) is 30.6 Å². The smallest absolute Gasteiger partial charge is 0.0931 e. The van der Waals surface area contributed by atoms with Crippen molar-refractivity contribution in [1.29, 1.82) is 0 Å². The Morgan fingerprint density at radius 1 is 1.33 bits per heavy atom. The quantitative estimate of drug-likeness (QED) is 0.862. The molecule has 3 rings (SSSR count). The number of hydrogen-bond donors (Lipinski definition) is 1. The molecule has 2 atom stereocenters. The third-order valence-corrected chi connectivity index (χ3v) is 5.44. The molecule has 0 aromatic carbocycles. The summed E-state index contributed by atoms with van der Waals surface area (Å²) in [7, 11) is 2.25. The Morgan fingerprint density at radius 2 is 2.17 bits per heavy atom. The van der Waals surface area contributed by atoms with E-state index in [-0.39, 0.29) is 0 Å². The monoisotopic (exact) mass is 284 g/mol. The van der Waals surface area contributed by atoms with Crippen molar-refractivity contribution < 1.29 is 0 Å². The van der Waals surface area contributed by atoms with E-state index >= 15 is 0 Å². The molecule has 0 radical (unpaired) electrons. The van der Waals surface area contributed by atoms with Gasteiger partial charge in [0.05, 0.1) is 4.34 Å². The second kappa shape index (κ2) is 5.49. The lowest BCUT2D eigenvalue weighted by Gasteiger charge is -2.43. The zero-order valence-electron chi connectivity index (χ0n) is 10.9. The summed E-state index contributed by atoms with van der Waals surface area (Å²) in [4.78, 5) is 3.88. The van der Waals surface area contributed by atoms with Gasteiger partial charge in [-0.2, -0.15) is 0 Å². The molecule has 0 aliphatic heterocycles. The second-order valence-electron chi connectivity index (χ2n) is 5.71. The Bertz CT molecular complexity index is 402. The minimum absolute atomic E-state index is 0.761. The summed E-state index contributed by atoms with van der Waals surface area (Å²) in [5.41, 5.74) is 0. The van der Waals surface area contributed by atoms with E-state index in [4.69, 9.17) is 11.6 Å². The summed E-state index contributed by atoms with van der Waals surface area (Å²) in [6.45, 7) is 2.26. The normalized spacial score (nSPS) is 27.5. The first-order valence-electron chi connectivity index (χ1n) is 6.90. The number of rotatable bonds is 6. The van der Waals surface area contributed by atoms with Crippen LogP contribution in [0.25, 0.3) is 0 Å². The fourth-order valence-corrected chi connectivity index (χ4v) is 3.93. The van der Waals surface area contributed by atoms with Crippen molar-refractivity contribution in [3.8, 4) is 0 Å². The highest BCUT2D eigenvalue weighted by Gasteiger charge is 2.34. The molecule has 2 aliphatic carbocycles. The summed E-state index contributed by atoms with van der Waals surface area (Å²) in [6, 6.07) is 5.76. The fraction of sp³-hybridized carbons (Fsp3) is 0.714. The van der Waals surface area contributed by atoms with Crippen LogP contribution in [0, 0.1) is 5.92 Å². The number of thiophene rings is 1. The molecule has 100 valence electrons. The van der Waals surface area contributed by atoms with Gasteiger partial charge in [0.25, 0.3) is 0 Å². The van der Waals surface area contributed by atoms with Gasteiger partial charge in [0.2, 0.25) is 0 Å². The first-order chi connectivity index (χ1) is 8.72. The van der Waals surface area contributed by atoms with Crippen molar-refractivity contribution in [3.05, 3.63) is 21.3 Å². The zero-order valence-corrected chi connectivity index (χ0v) is 12.4. The molecule has 4 heteroatoms. The van der Waals surface area contributed by atoms with Crippen LogP contribution in [-0.2, 0) is 6.54 Å². The third kappa shape index (κ3) is 3.08. The molecule has 2 fully saturated rings. The lowest BCUT2D eigenvalue weighted by Crippen LogP contribution is -2.48. The van der Waals surface area contributed by atoms with Crippen LogP contribution in [0.4, 0.5) is 0 Å². The predicted octanol–water partition coefficient (Wildman–Crippen LogP) is 3.36. The molecular weight excluding hydrogens is 264 g/mol. The predicted molar refractivity (Wildman–Crippen MR) is 78.3 cm³/mol. The maximum Gasteiger partial charge on any atom is 0.0931 e. The van der Waals surface area contributed by atoms with Crippen molar-refractivity contribution in [2.24, 2.45) is 5.92 Å². The second-order valence-corrected chi connectivity index (χ2v) is 7.51. The minimum atomic E-state index is 0.761. The van der Waals surface area contributed by atoms with Gasteiger partial charge in [-0.1, -0.05) is 11.6 Å². The van der Waals surface area contributed by atoms with Gasteiger partial charge in [0.15, 0.2) is 0 Å². The van der Waals surface area contributed by atoms with E-state index < -0.39 is 0 Å². The summed E-state index contributed by atoms with van der Waals surface area (Å²) in [5.74, 6) is 0.853. The largest absolute Gasteiger partial charge is 0.314 e. The van der Waals surface area contributed by atoms with Crippen molar-refractivity contribution in [1.82, 2.24) is 10.2 Å². The highest BCUT2D eigenvalue weighted by molar-refractivity contribution is 7.16. The van der Waals surface area contributed by atoms with E-state index in [9.17, 15) is 0 Å². The SMILES string of the molecule is CN(Cc1ccc(Cl)s1)C1CCC1CNC1CC1.